The Labute approximate surface area is 177 Å². The number of anilines is 1. The minimum absolute atomic E-state index is 0.109. The van der Waals surface area contributed by atoms with E-state index in [0.29, 0.717) is 19.5 Å². The van der Waals surface area contributed by atoms with Crippen LogP contribution in [0.1, 0.15) is 37.6 Å². The summed E-state index contributed by atoms with van der Waals surface area (Å²) in [4.78, 5) is 36.9. The fourth-order valence-corrected chi connectivity index (χ4v) is 2.89. The van der Waals surface area contributed by atoms with E-state index in [1.807, 2.05) is 0 Å². The third-order valence-corrected chi connectivity index (χ3v) is 4.20. The van der Waals surface area contributed by atoms with Crippen molar-refractivity contribution in [3.63, 3.8) is 0 Å². The zero-order valence-electron chi connectivity index (χ0n) is 17.3. The Morgan fingerprint density at radius 3 is 2.45 bits per heavy atom. The molecule has 1 aliphatic rings. The number of nitrogens with one attached hydrogen (secondary N) is 2. The quantitative estimate of drug-likeness (QED) is 0.574. The van der Waals surface area contributed by atoms with Crippen LogP contribution in [0.4, 0.5) is 23.7 Å². The van der Waals surface area contributed by atoms with Gasteiger partial charge in [-0.05, 0) is 45.4 Å². The topological polar surface area (TPSA) is 123 Å². The highest BCUT2D eigenvalue weighted by molar-refractivity contribution is 6.04. The molecule has 12 heteroatoms. The lowest BCUT2D eigenvalue weighted by molar-refractivity contribution is -0.274. The molecule has 0 bridgehead atoms. The molecule has 0 radical (unpaired) electrons. The summed E-state index contributed by atoms with van der Waals surface area (Å²) in [6.45, 7) is 5.43. The second-order valence-corrected chi connectivity index (χ2v) is 8.01. The third kappa shape index (κ3) is 8.06. The molecule has 1 saturated heterocycles. The van der Waals surface area contributed by atoms with Crippen LogP contribution in [-0.4, -0.2) is 54.4 Å². The van der Waals surface area contributed by atoms with Gasteiger partial charge in [0.15, 0.2) is 5.78 Å². The summed E-state index contributed by atoms with van der Waals surface area (Å²) >= 11 is 0. The van der Waals surface area contributed by atoms with Crippen LogP contribution in [0.3, 0.4) is 0 Å². The van der Waals surface area contributed by atoms with E-state index >= 15 is 0 Å². The first kappa shape index (κ1) is 24.4. The van der Waals surface area contributed by atoms with E-state index in [9.17, 15) is 27.6 Å². The molecule has 1 aromatic rings. The summed E-state index contributed by atoms with van der Waals surface area (Å²) in [5.74, 6) is 3.50. The van der Waals surface area contributed by atoms with Gasteiger partial charge in [-0.1, -0.05) is 0 Å². The number of nitrogens with zero attached hydrogens (tertiary/aromatic N) is 1. The molecular formula is C19H25F3N4O5. The summed E-state index contributed by atoms with van der Waals surface area (Å²) in [7, 11) is 0. The van der Waals surface area contributed by atoms with Crippen molar-refractivity contribution >= 4 is 23.5 Å². The first-order chi connectivity index (χ1) is 14.2. The number of hydrazine groups is 1. The number of alkyl halides is 3. The number of rotatable bonds is 6. The van der Waals surface area contributed by atoms with Crippen molar-refractivity contribution in [2.75, 3.05) is 25.0 Å². The Morgan fingerprint density at radius 1 is 1.23 bits per heavy atom. The van der Waals surface area contributed by atoms with Gasteiger partial charge in [-0.3, -0.25) is 20.7 Å². The summed E-state index contributed by atoms with van der Waals surface area (Å²) in [5.41, 5.74) is -1.27. The number of Topliss-reactive ketones (excluding diaryl/α,β-unsaturated/α-hetero) is 1. The lowest BCUT2D eigenvalue weighted by atomic mass is 10.0. The van der Waals surface area contributed by atoms with Crippen molar-refractivity contribution in [3.8, 4) is 5.75 Å². The number of nitrogens with two attached hydrogens (primary N) is 1. The molecule has 4 N–H and O–H groups in total. The van der Waals surface area contributed by atoms with Gasteiger partial charge in [0.2, 0.25) is 0 Å². The van der Waals surface area contributed by atoms with E-state index in [4.69, 9.17) is 10.6 Å². The van der Waals surface area contributed by atoms with E-state index in [2.05, 4.69) is 15.4 Å². The first-order valence-electron chi connectivity index (χ1n) is 9.44. The summed E-state index contributed by atoms with van der Waals surface area (Å²) < 4.78 is 46.6. The summed E-state index contributed by atoms with van der Waals surface area (Å²) in [5, 5.41) is 6.18. The molecule has 31 heavy (non-hydrogen) atoms. The predicted octanol–water partition coefficient (Wildman–Crippen LogP) is 2.43. The van der Waals surface area contributed by atoms with Crippen molar-refractivity contribution in [2.45, 2.75) is 39.2 Å². The van der Waals surface area contributed by atoms with Crippen molar-refractivity contribution < 1.29 is 37.0 Å². The van der Waals surface area contributed by atoms with Crippen LogP contribution in [0.25, 0.3) is 0 Å². The number of benzene rings is 1. The largest absolute Gasteiger partial charge is 0.573 e. The lowest BCUT2D eigenvalue weighted by Gasteiger charge is -2.20. The summed E-state index contributed by atoms with van der Waals surface area (Å²) in [6.07, 6.45) is -5.33. The highest BCUT2D eigenvalue weighted by Crippen LogP contribution is 2.28. The maximum Gasteiger partial charge on any atom is 0.573 e. The predicted molar refractivity (Wildman–Crippen MR) is 104 cm³/mol. The smallest absolute Gasteiger partial charge is 0.444 e. The number of carbonyl (C=O) groups excluding carboxylic acids is 3. The Balaban J connectivity index is 2.17. The number of carbonyl (C=O) groups is 3. The number of hydrogen-bond acceptors (Lipinski definition) is 7. The highest BCUT2D eigenvalue weighted by atomic mass is 19.4. The zero-order chi connectivity index (χ0) is 23.4. The van der Waals surface area contributed by atoms with Crippen LogP contribution in [0.5, 0.6) is 5.75 Å². The molecule has 1 fully saturated rings. The second kappa shape index (κ2) is 9.52. The molecule has 1 heterocycles. The number of amides is 2. The molecule has 9 nitrogen and oxygen atoms in total. The molecule has 0 aromatic heterocycles. The molecule has 0 aliphatic carbocycles. The average Bonchev–Trinajstić information content (AvgIpc) is 3.04. The Hall–Kier alpha value is -2.86. The SMILES string of the molecule is CC(C)(C)OC(=O)Nc1ccc(OC(F)(F)F)cc1C(=O)NCC(=O)[C@@H]1CCN(N)C1. The lowest BCUT2D eigenvalue weighted by Crippen LogP contribution is -2.35. The molecule has 0 spiro atoms. The Bertz CT molecular complexity index is 839. The maximum absolute atomic E-state index is 12.6. The molecule has 172 valence electrons. The van der Waals surface area contributed by atoms with Gasteiger partial charge in [0.05, 0.1) is 17.8 Å². The van der Waals surface area contributed by atoms with Crippen LogP contribution in [-0.2, 0) is 9.53 Å². The molecule has 1 atom stereocenters. The minimum atomic E-state index is -4.97. The number of ether oxygens (including phenoxy) is 2. The van der Waals surface area contributed by atoms with Crippen molar-refractivity contribution in [2.24, 2.45) is 11.8 Å². The van der Waals surface area contributed by atoms with Crippen molar-refractivity contribution in [1.82, 2.24) is 10.3 Å². The summed E-state index contributed by atoms with van der Waals surface area (Å²) in [6, 6.07) is 2.83. The molecule has 1 aliphatic heterocycles. The van der Waals surface area contributed by atoms with Crippen molar-refractivity contribution in [1.29, 1.82) is 0 Å². The van der Waals surface area contributed by atoms with Crippen LogP contribution >= 0.6 is 0 Å². The van der Waals surface area contributed by atoms with Gasteiger partial charge >= 0.3 is 12.5 Å². The maximum atomic E-state index is 12.6. The Kier molecular flexibility index (Phi) is 7.49. The third-order valence-electron chi connectivity index (χ3n) is 4.20. The fourth-order valence-electron chi connectivity index (χ4n) is 2.89. The van der Waals surface area contributed by atoms with E-state index in [-0.39, 0.29) is 29.5 Å². The van der Waals surface area contributed by atoms with E-state index in [1.165, 1.54) is 5.01 Å². The van der Waals surface area contributed by atoms with Gasteiger partial charge in [0, 0.05) is 19.0 Å². The standard InChI is InChI=1S/C19H25F3N4O5/c1-18(2,3)31-17(29)25-14-5-4-12(30-19(20,21)22)8-13(14)16(28)24-9-15(27)11-6-7-26(23)10-11/h4-5,8,11H,6-7,9-10,23H2,1-3H3,(H,24,28)(H,25,29)/t11-/m1/s1. The number of hydrogen-bond donors (Lipinski definition) is 3. The molecule has 0 unspecified atom stereocenters. The van der Waals surface area contributed by atoms with Gasteiger partial charge in [-0.25, -0.2) is 9.80 Å². The van der Waals surface area contributed by atoms with Crippen LogP contribution < -0.4 is 21.2 Å². The van der Waals surface area contributed by atoms with Gasteiger partial charge in [0.1, 0.15) is 11.4 Å². The highest BCUT2D eigenvalue weighted by Gasteiger charge is 2.32. The average molecular weight is 446 g/mol. The van der Waals surface area contributed by atoms with E-state index in [1.54, 1.807) is 20.8 Å². The molecule has 2 rings (SSSR count). The number of halogens is 3. The van der Waals surface area contributed by atoms with Crippen LogP contribution in [0.2, 0.25) is 0 Å². The molecule has 1 aromatic carbocycles. The van der Waals surface area contributed by atoms with Gasteiger partial charge < -0.3 is 14.8 Å². The fraction of sp³-hybridized carbons (Fsp3) is 0.526. The van der Waals surface area contributed by atoms with E-state index < -0.39 is 29.7 Å². The van der Waals surface area contributed by atoms with Crippen LogP contribution in [0.15, 0.2) is 18.2 Å². The Morgan fingerprint density at radius 2 is 1.90 bits per heavy atom. The number of ketones is 1. The zero-order valence-corrected chi connectivity index (χ0v) is 17.3. The molecule has 2 amide bonds. The minimum Gasteiger partial charge on any atom is -0.444 e. The van der Waals surface area contributed by atoms with Gasteiger partial charge in [-0.2, -0.15) is 0 Å². The first-order valence-corrected chi connectivity index (χ1v) is 9.44. The molecule has 0 saturated carbocycles. The van der Waals surface area contributed by atoms with Gasteiger partial charge in [0.25, 0.3) is 5.91 Å². The molecular weight excluding hydrogens is 421 g/mol. The van der Waals surface area contributed by atoms with Gasteiger partial charge in [-0.15, -0.1) is 13.2 Å². The van der Waals surface area contributed by atoms with Crippen molar-refractivity contribution in [3.05, 3.63) is 23.8 Å². The van der Waals surface area contributed by atoms with Crippen LogP contribution in [0, 0.1) is 5.92 Å². The monoisotopic (exact) mass is 446 g/mol. The normalized spacial score (nSPS) is 17.2. The van der Waals surface area contributed by atoms with E-state index in [0.717, 1.165) is 18.2 Å². The second-order valence-electron chi connectivity index (χ2n) is 8.01.